The van der Waals surface area contributed by atoms with Gasteiger partial charge in [-0.3, -0.25) is 0 Å². The SMILES string of the molecule is [N]=NC1C=CC(N2C[C@H](O)C[C@@H]2c2cccc(F)c2)=CO1. The van der Waals surface area contributed by atoms with Crippen molar-refractivity contribution in [3.63, 3.8) is 0 Å². The van der Waals surface area contributed by atoms with Crippen molar-refractivity contribution in [1.82, 2.24) is 10.4 Å². The molecule has 1 aromatic rings. The molecule has 0 aliphatic carbocycles. The van der Waals surface area contributed by atoms with E-state index >= 15 is 0 Å². The lowest BCUT2D eigenvalue weighted by Gasteiger charge is -2.29. The highest BCUT2D eigenvalue weighted by molar-refractivity contribution is 5.28. The van der Waals surface area contributed by atoms with Gasteiger partial charge in [0.1, 0.15) is 12.1 Å². The van der Waals surface area contributed by atoms with E-state index in [1.165, 1.54) is 18.4 Å². The summed E-state index contributed by atoms with van der Waals surface area (Å²) in [6.07, 6.45) is 4.24. The Morgan fingerprint density at radius 2 is 2.29 bits per heavy atom. The summed E-state index contributed by atoms with van der Waals surface area (Å²) in [6.45, 7) is 0.446. The van der Waals surface area contributed by atoms with Gasteiger partial charge in [0.15, 0.2) is 0 Å². The minimum atomic E-state index is -0.700. The fourth-order valence-corrected chi connectivity index (χ4v) is 2.76. The molecule has 21 heavy (non-hydrogen) atoms. The predicted octanol–water partition coefficient (Wildman–Crippen LogP) is 1.94. The first-order valence-corrected chi connectivity index (χ1v) is 6.75. The van der Waals surface area contributed by atoms with Gasteiger partial charge in [-0.25, -0.2) is 4.39 Å². The number of likely N-dealkylation sites (tertiary alicyclic amines) is 1. The Balaban J connectivity index is 1.85. The maximum absolute atomic E-state index is 13.4. The molecular formula is C15H15FN3O2. The number of ether oxygens (including phenoxy) is 1. The van der Waals surface area contributed by atoms with Crippen LogP contribution >= 0.6 is 0 Å². The molecule has 0 bridgehead atoms. The van der Waals surface area contributed by atoms with Gasteiger partial charge in [0.25, 0.3) is 0 Å². The van der Waals surface area contributed by atoms with Crippen LogP contribution in [-0.2, 0) is 4.74 Å². The Morgan fingerprint density at radius 3 is 2.95 bits per heavy atom. The summed E-state index contributed by atoms with van der Waals surface area (Å²) < 4.78 is 18.6. The van der Waals surface area contributed by atoms with Crippen molar-refractivity contribution in [1.29, 1.82) is 0 Å². The molecule has 1 aromatic carbocycles. The standard InChI is InChI=1S/C15H15FN3O2/c16-11-3-1-2-10(6-11)14-7-13(20)8-19(14)12-4-5-15(18-17)21-9-12/h1-6,9,13-15,20H,7-8H2/t13-,14-,15?/m1/s1. The van der Waals surface area contributed by atoms with Gasteiger partial charge in [-0.05, 0) is 41.8 Å². The first-order valence-electron chi connectivity index (χ1n) is 6.75. The second-order valence-corrected chi connectivity index (χ2v) is 5.16. The molecule has 5 nitrogen and oxygen atoms in total. The molecule has 6 heteroatoms. The molecule has 109 valence electrons. The summed E-state index contributed by atoms with van der Waals surface area (Å²) in [5.41, 5.74) is 10.2. The largest absolute Gasteiger partial charge is 0.469 e. The van der Waals surface area contributed by atoms with E-state index in [0.29, 0.717) is 13.0 Å². The normalized spacial score (nSPS) is 28.2. The number of halogens is 1. The van der Waals surface area contributed by atoms with Gasteiger partial charge in [-0.15, -0.1) is 5.11 Å². The van der Waals surface area contributed by atoms with Gasteiger partial charge in [0, 0.05) is 6.54 Å². The van der Waals surface area contributed by atoms with Crippen molar-refractivity contribution in [3.05, 3.63) is 59.8 Å². The maximum atomic E-state index is 13.4. The highest BCUT2D eigenvalue weighted by atomic mass is 19.1. The van der Waals surface area contributed by atoms with E-state index in [1.807, 2.05) is 11.0 Å². The van der Waals surface area contributed by atoms with Crippen molar-refractivity contribution in [2.75, 3.05) is 6.54 Å². The third kappa shape index (κ3) is 2.80. The van der Waals surface area contributed by atoms with Crippen molar-refractivity contribution in [3.8, 4) is 0 Å². The topological polar surface area (TPSA) is 67.4 Å². The second kappa shape index (κ2) is 5.65. The number of benzene rings is 1. The Kier molecular flexibility index (Phi) is 3.70. The summed E-state index contributed by atoms with van der Waals surface area (Å²) in [7, 11) is 0. The van der Waals surface area contributed by atoms with E-state index in [9.17, 15) is 9.50 Å². The maximum Gasteiger partial charge on any atom is 0.229 e. The monoisotopic (exact) mass is 288 g/mol. The fourth-order valence-electron chi connectivity index (χ4n) is 2.76. The highest BCUT2D eigenvalue weighted by Crippen LogP contribution is 2.36. The molecule has 0 spiro atoms. The quantitative estimate of drug-likeness (QED) is 0.864. The van der Waals surface area contributed by atoms with Gasteiger partial charge < -0.3 is 14.7 Å². The smallest absolute Gasteiger partial charge is 0.229 e. The molecule has 1 saturated heterocycles. The van der Waals surface area contributed by atoms with Crippen LogP contribution in [0.1, 0.15) is 18.0 Å². The molecule has 1 radical (unpaired) electrons. The number of hydrogen-bond acceptors (Lipinski definition) is 4. The number of rotatable bonds is 3. The van der Waals surface area contributed by atoms with Crippen LogP contribution in [0.15, 0.2) is 53.5 Å². The molecule has 0 saturated carbocycles. The lowest BCUT2D eigenvalue weighted by Crippen LogP contribution is -2.25. The molecule has 1 N–H and O–H groups in total. The van der Waals surface area contributed by atoms with Gasteiger partial charge >= 0.3 is 0 Å². The van der Waals surface area contributed by atoms with Gasteiger partial charge in [0.05, 0.1) is 17.8 Å². The van der Waals surface area contributed by atoms with Gasteiger partial charge in [-0.2, -0.15) is 0 Å². The van der Waals surface area contributed by atoms with E-state index in [0.717, 1.165) is 11.3 Å². The minimum Gasteiger partial charge on any atom is -0.469 e. The molecule has 2 aliphatic heterocycles. The van der Waals surface area contributed by atoms with E-state index in [2.05, 4.69) is 5.11 Å². The number of β-amino-alcohol motifs (C(OH)–C–C–N with tert-alkyl or cyclic N) is 1. The first-order chi connectivity index (χ1) is 10.2. The Hall–Kier alpha value is -2.21. The molecule has 1 fully saturated rings. The summed E-state index contributed by atoms with van der Waals surface area (Å²) in [5.74, 6) is -0.294. The Labute approximate surface area is 121 Å². The Morgan fingerprint density at radius 1 is 1.43 bits per heavy atom. The van der Waals surface area contributed by atoms with Crippen LogP contribution in [0.25, 0.3) is 0 Å². The molecule has 3 rings (SSSR count). The molecule has 0 amide bonds. The predicted molar refractivity (Wildman–Crippen MR) is 73.1 cm³/mol. The van der Waals surface area contributed by atoms with Crippen LogP contribution in [0, 0.1) is 5.82 Å². The Bertz CT molecular complexity index is 602. The molecule has 3 atom stereocenters. The zero-order valence-corrected chi connectivity index (χ0v) is 11.3. The molecule has 2 heterocycles. The van der Waals surface area contributed by atoms with Crippen molar-refractivity contribution < 1.29 is 14.2 Å². The molecule has 0 aromatic heterocycles. The fraction of sp³-hybridized carbons (Fsp3) is 0.333. The zero-order chi connectivity index (χ0) is 14.8. The van der Waals surface area contributed by atoms with Gasteiger partial charge in [0.2, 0.25) is 6.23 Å². The molecular weight excluding hydrogens is 273 g/mol. The molecule has 1 unspecified atom stereocenters. The lowest BCUT2D eigenvalue weighted by molar-refractivity contribution is 0.163. The number of aliphatic hydroxyl groups is 1. The first kappa shape index (κ1) is 13.8. The van der Waals surface area contributed by atoms with Crippen LogP contribution in [0.5, 0.6) is 0 Å². The number of hydrogen-bond donors (Lipinski definition) is 1. The van der Waals surface area contributed by atoms with E-state index < -0.39 is 12.3 Å². The van der Waals surface area contributed by atoms with Gasteiger partial charge in [-0.1, -0.05) is 12.1 Å². The third-order valence-corrected chi connectivity index (χ3v) is 3.72. The van der Waals surface area contributed by atoms with Crippen molar-refractivity contribution in [2.45, 2.75) is 24.8 Å². The van der Waals surface area contributed by atoms with Crippen LogP contribution in [0.3, 0.4) is 0 Å². The van der Waals surface area contributed by atoms with Crippen LogP contribution < -0.4 is 5.53 Å². The zero-order valence-electron chi connectivity index (χ0n) is 11.3. The van der Waals surface area contributed by atoms with E-state index in [-0.39, 0.29) is 11.9 Å². The van der Waals surface area contributed by atoms with Crippen LogP contribution in [0.2, 0.25) is 0 Å². The summed E-state index contributed by atoms with van der Waals surface area (Å²) in [4.78, 5) is 1.96. The summed E-state index contributed by atoms with van der Waals surface area (Å²) in [5, 5.41) is 13.0. The van der Waals surface area contributed by atoms with Crippen molar-refractivity contribution in [2.24, 2.45) is 5.11 Å². The average Bonchev–Trinajstić information content (AvgIpc) is 2.89. The number of allylic oxidation sites excluding steroid dienone is 1. The minimum absolute atomic E-state index is 0.113. The number of aliphatic hydroxyl groups excluding tert-OH is 1. The highest BCUT2D eigenvalue weighted by Gasteiger charge is 2.33. The number of nitrogens with zero attached hydrogens (tertiary/aromatic N) is 3. The van der Waals surface area contributed by atoms with Crippen LogP contribution in [0.4, 0.5) is 4.39 Å². The lowest BCUT2D eigenvalue weighted by atomic mass is 10.0. The van der Waals surface area contributed by atoms with Crippen molar-refractivity contribution >= 4 is 0 Å². The van der Waals surface area contributed by atoms with E-state index in [4.69, 9.17) is 10.3 Å². The van der Waals surface area contributed by atoms with E-state index in [1.54, 1.807) is 18.2 Å². The summed E-state index contributed by atoms with van der Waals surface area (Å²) >= 11 is 0. The summed E-state index contributed by atoms with van der Waals surface area (Å²) in [6, 6.07) is 6.28. The van der Waals surface area contributed by atoms with Crippen LogP contribution in [-0.4, -0.2) is 28.9 Å². The molecule has 2 aliphatic rings. The average molecular weight is 288 g/mol. The second-order valence-electron chi connectivity index (χ2n) is 5.16. The third-order valence-electron chi connectivity index (χ3n) is 3.72.